The summed E-state index contributed by atoms with van der Waals surface area (Å²) in [6.07, 6.45) is 5.12. The van der Waals surface area contributed by atoms with Gasteiger partial charge in [-0.2, -0.15) is 8.78 Å². The van der Waals surface area contributed by atoms with Crippen LogP contribution in [0.25, 0.3) is 0 Å². The molecule has 0 heterocycles. The molecule has 0 fully saturated rings. The Morgan fingerprint density at radius 3 is 2.50 bits per heavy atom. The van der Waals surface area contributed by atoms with Gasteiger partial charge in [0.05, 0.1) is 6.54 Å². The van der Waals surface area contributed by atoms with Gasteiger partial charge in [0, 0.05) is 6.04 Å². The monoisotopic (exact) mass is 225 g/mol. The minimum Gasteiger partial charge on any atom is -0.435 e. The molecule has 0 spiro atoms. The van der Waals surface area contributed by atoms with Gasteiger partial charge >= 0.3 is 6.61 Å². The third kappa shape index (κ3) is 3.87. The van der Waals surface area contributed by atoms with E-state index in [1.54, 1.807) is 12.1 Å². The second kappa shape index (κ2) is 6.09. The molecule has 0 aliphatic rings. The highest BCUT2D eigenvalue weighted by molar-refractivity contribution is 5.29. The number of ether oxygens (including phenoxy) is 1. The molecular weight excluding hydrogens is 212 g/mol. The van der Waals surface area contributed by atoms with Crippen molar-refractivity contribution in [3.8, 4) is 18.1 Å². The number of halogens is 2. The Labute approximate surface area is 93.6 Å². The Balaban J connectivity index is 2.60. The summed E-state index contributed by atoms with van der Waals surface area (Å²) in [5.74, 6) is 2.63. The van der Waals surface area contributed by atoms with Gasteiger partial charge in [-0.15, -0.1) is 6.42 Å². The molecule has 1 aromatic carbocycles. The summed E-state index contributed by atoms with van der Waals surface area (Å²) in [6.45, 7) is -0.376. The van der Waals surface area contributed by atoms with Gasteiger partial charge in [-0.25, -0.2) is 0 Å². The molecule has 0 bridgehead atoms. The van der Waals surface area contributed by atoms with Crippen LogP contribution in [0.1, 0.15) is 18.5 Å². The molecular formula is C12H13F2NO. The van der Waals surface area contributed by atoms with Crippen LogP contribution >= 0.6 is 0 Å². The van der Waals surface area contributed by atoms with E-state index >= 15 is 0 Å². The van der Waals surface area contributed by atoms with E-state index in [1.165, 1.54) is 12.1 Å². The second-order valence-electron chi connectivity index (χ2n) is 3.25. The van der Waals surface area contributed by atoms with Gasteiger partial charge in [0.1, 0.15) is 5.75 Å². The third-order valence-electron chi connectivity index (χ3n) is 2.12. The van der Waals surface area contributed by atoms with Crippen LogP contribution in [0.5, 0.6) is 5.75 Å². The number of hydrogen-bond donors (Lipinski definition) is 1. The average Bonchev–Trinajstić information content (AvgIpc) is 2.26. The summed E-state index contributed by atoms with van der Waals surface area (Å²) in [4.78, 5) is 0. The number of hydrogen-bond acceptors (Lipinski definition) is 2. The lowest BCUT2D eigenvalue weighted by Crippen LogP contribution is -2.18. The van der Waals surface area contributed by atoms with Crippen molar-refractivity contribution in [2.24, 2.45) is 0 Å². The van der Waals surface area contributed by atoms with Gasteiger partial charge in [-0.3, -0.25) is 5.32 Å². The Morgan fingerprint density at radius 1 is 1.38 bits per heavy atom. The van der Waals surface area contributed by atoms with E-state index in [4.69, 9.17) is 6.42 Å². The summed E-state index contributed by atoms with van der Waals surface area (Å²) in [6, 6.07) is 6.56. The molecule has 1 atom stereocenters. The maximum absolute atomic E-state index is 11.9. The zero-order valence-electron chi connectivity index (χ0n) is 8.91. The molecule has 1 unspecified atom stereocenters. The van der Waals surface area contributed by atoms with Crippen LogP contribution in [-0.4, -0.2) is 13.2 Å². The van der Waals surface area contributed by atoms with Crippen LogP contribution in [0.2, 0.25) is 0 Å². The number of terminal acetylenes is 1. The first kappa shape index (κ1) is 12.5. The van der Waals surface area contributed by atoms with Crippen molar-refractivity contribution in [2.45, 2.75) is 19.6 Å². The van der Waals surface area contributed by atoms with E-state index in [-0.39, 0.29) is 11.8 Å². The van der Waals surface area contributed by atoms with Crippen molar-refractivity contribution in [3.05, 3.63) is 29.8 Å². The number of benzene rings is 1. The molecule has 1 rings (SSSR count). The van der Waals surface area contributed by atoms with E-state index in [1.807, 2.05) is 6.92 Å². The molecule has 0 aliphatic carbocycles. The van der Waals surface area contributed by atoms with Gasteiger partial charge < -0.3 is 4.74 Å². The Bertz CT molecular complexity index is 356. The smallest absolute Gasteiger partial charge is 0.387 e. The minimum absolute atomic E-state index is 0.0802. The topological polar surface area (TPSA) is 21.3 Å². The van der Waals surface area contributed by atoms with E-state index in [2.05, 4.69) is 16.0 Å². The van der Waals surface area contributed by atoms with Gasteiger partial charge in [-0.05, 0) is 24.6 Å². The summed E-state index contributed by atoms with van der Waals surface area (Å²) >= 11 is 0. The van der Waals surface area contributed by atoms with Crippen molar-refractivity contribution in [2.75, 3.05) is 6.54 Å². The normalized spacial score (nSPS) is 12.2. The fraction of sp³-hybridized carbons (Fsp3) is 0.333. The van der Waals surface area contributed by atoms with Gasteiger partial charge in [0.2, 0.25) is 0 Å². The van der Waals surface area contributed by atoms with Crippen LogP contribution in [-0.2, 0) is 0 Å². The van der Waals surface area contributed by atoms with E-state index in [0.717, 1.165) is 5.56 Å². The van der Waals surface area contributed by atoms with E-state index in [0.29, 0.717) is 6.54 Å². The van der Waals surface area contributed by atoms with Crippen LogP contribution < -0.4 is 10.1 Å². The van der Waals surface area contributed by atoms with Gasteiger partial charge in [0.25, 0.3) is 0 Å². The van der Waals surface area contributed by atoms with Gasteiger partial charge in [-0.1, -0.05) is 18.1 Å². The summed E-state index contributed by atoms with van der Waals surface area (Å²) < 4.78 is 28.0. The summed E-state index contributed by atoms with van der Waals surface area (Å²) in [7, 11) is 0. The molecule has 4 heteroatoms. The number of nitrogens with one attached hydrogen (secondary N) is 1. The van der Waals surface area contributed by atoms with Crippen molar-refractivity contribution < 1.29 is 13.5 Å². The highest BCUT2D eigenvalue weighted by Crippen LogP contribution is 2.18. The predicted molar refractivity (Wildman–Crippen MR) is 58.3 cm³/mol. The second-order valence-corrected chi connectivity index (χ2v) is 3.25. The van der Waals surface area contributed by atoms with Crippen molar-refractivity contribution in [3.63, 3.8) is 0 Å². The Hall–Kier alpha value is -1.60. The molecule has 2 nitrogen and oxygen atoms in total. The standard InChI is InChI=1S/C12H13F2NO/c1-3-8-15-9(2)10-4-6-11(7-5-10)16-12(13)14/h1,4-7,9,12,15H,8H2,2H3. The third-order valence-corrected chi connectivity index (χ3v) is 2.12. The first-order chi connectivity index (χ1) is 7.63. The van der Waals surface area contributed by atoms with Crippen LogP contribution in [0.3, 0.4) is 0 Å². The summed E-state index contributed by atoms with van der Waals surface area (Å²) in [5.41, 5.74) is 0.969. The van der Waals surface area contributed by atoms with Crippen molar-refractivity contribution >= 4 is 0 Å². The number of alkyl halides is 2. The predicted octanol–water partition coefficient (Wildman–Crippen LogP) is 2.57. The molecule has 1 N–H and O–H groups in total. The Morgan fingerprint density at radius 2 is 2.00 bits per heavy atom. The lowest BCUT2D eigenvalue weighted by Gasteiger charge is -2.12. The highest BCUT2D eigenvalue weighted by atomic mass is 19.3. The van der Waals surface area contributed by atoms with E-state index in [9.17, 15) is 8.78 Å². The number of rotatable bonds is 5. The van der Waals surface area contributed by atoms with E-state index < -0.39 is 6.61 Å². The molecule has 0 radical (unpaired) electrons. The Kier molecular flexibility index (Phi) is 4.74. The molecule has 16 heavy (non-hydrogen) atoms. The fourth-order valence-electron chi connectivity index (χ4n) is 1.27. The largest absolute Gasteiger partial charge is 0.435 e. The van der Waals surface area contributed by atoms with Crippen LogP contribution in [0.15, 0.2) is 24.3 Å². The maximum atomic E-state index is 11.9. The lowest BCUT2D eigenvalue weighted by molar-refractivity contribution is -0.0498. The first-order valence-electron chi connectivity index (χ1n) is 4.85. The molecule has 0 saturated carbocycles. The van der Waals surface area contributed by atoms with Crippen molar-refractivity contribution in [1.29, 1.82) is 0 Å². The quantitative estimate of drug-likeness (QED) is 0.778. The van der Waals surface area contributed by atoms with Crippen LogP contribution in [0, 0.1) is 12.3 Å². The fourth-order valence-corrected chi connectivity index (χ4v) is 1.27. The zero-order valence-corrected chi connectivity index (χ0v) is 8.91. The zero-order chi connectivity index (χ0) is 12.0. The molecule has 0 amide bonds. The molecule has 0 aromatic heterocycles. The van der Waals surface area contributed by atoms with Crippen molar-refractivity contribution in [1.82, 2.24) is 5.32 Å². The maximum Gasteiger partial charge on any atom is 0.387 e. The SMILES string of the molecule is C#CCNC(C)c1ccc(OC(F)F)cc1. The molecule has 1 aromatic rings. The van der Waals surface area contributed by atoms with Gasteiger partial charge in [0.15, 0.2) is 0 Å². The molecule has 0 saturated heterocycles. The summed E-state index contributed by atoms with van der Waals surface area (Å²) in [5, 5.41) is 3.08. The lowest BCUT2D eigenvalue weighted by atomic mass is 10.1. The minimum atomic E-state index is -2.79. The van der Waals surface area contributed by atoms with Crippen LogP contribution in [0.4, 0.5) is 8.78 Å². The molecule has 0 aliphatic heterocycles. The first-order valence-corrected chi connectivity index (χ1v) is 4.85. The highest BCUT2D eigenvalue weighted by Gasteiger charge is 2.06. The molecule has 86 valence electrons. The average molecular weight is 225 g/mol.